The molecule has 4 heteroatoms. The van der Waals surface area contributed by atoms with E-state index in [1.807, 2.05) is 40.2 Å². The van der Waals surface area contributed by atoms with Gasteiger partial charge in [-0.05, 0) is 12.1 Å². The molecule has 1 aliphatic carbocycles. The van der Waals surface area contributed by atoms with E-state index in [1.54, 1.807) is 12.1 Å². The number of carbonyl (C=O) groups excluding carboxylic acids is 1. The number of para-hydroxylation sites is 1. The molecule has 0 N–H and O–H groups in total. The number of nitrogens with zero attached hydrogens (tertiary/aromatic N) is 2. The first-order chi connectivity index (χ1) is 9.75. The van der Waals surface area contributed by atoms with Crippen molar-refractivity contribution >= 4 is 11.6 Å². The zero-order valence-electron chi connectivity index (χ0n) is 11.2. The smallest absolute Gasteiger partial charge is 0.233 e. The minimum Gasteiger partial charge on any atom is -0.366 e. The Morgan fingerprint density at radius 2 is 1.70 bits per heavy atom. The van der Waals surface area contributed by atoms with Crippen LogP contribution in [0.15, 0.2) is 48.6 Å². The number of halogens is 1. The van der Waals surface area contributed by atoms with Gasteiger partial charge in [0.25, 0.3) is 0 Å². The van der Waals surface area contributed by atoms with E-state index in [9.17, 15) is 9.18 Å². The molecular formula is C16H17FN2O. The number of anilines is 1. The van der Waals surface area contributed by atoms with Gasteiger partial charge in [-0.25, -0.2) is 4.39 Å². The van der Waals surface area contributed by atoms with Crippen LogP contribution in [0.3, 0.4) is 0 Å². The number of rotatable bonds is 2. The highest BCUT2D eigenvalue weighted by Crippen LogP contribution is 2.21. The monoisotopic (exact) mass is 272 g/mol. The zero-order valence-corrected chi connectivity index (χ0v) is 11.2. The van der Waals surface area contributed by atoms with Crippen molar-refractivity contribution in [3.8, 4) is 0 Å². The highest BCUT2D eigenvalue weighted by molar-refractivity contribution is 5.83. The number of allylic oxidation sites excluding steroid dienone is 2. The minimum atomic E-state index is -0.200. The quantitative estimate of drug-likeness (QED) is 0.824. The van der Waals surface area contributed by atoms with Gasteiger partial charge in [0.2, 0.25) is 5.91 Å². The molecule has 1 amide bonds. The molecule has 3 rings (SSSR count). The molecule has 1 aliphatic heterocycles. The van der Waals surface area contributed by atoms with Crippen molar-refractivity contribution in [1.82, 2.24) is 4.90 Å². The normalized spacial score (nSPS) is 18.9. The molecule has 0 radical (unpaired) electrons. The number of hydrogen-bond acceptors (Lipinski definition) is 2. The van der Waals surface area contributed by atoms with E-state index in [1.165, 1.54) is 6.07 Å². The summed E-state index contributed by atoms with van der Waals surface area (Å²) in [5.74, 6) is -0.174. The topological polar surface area (TPSA) is 23.6 Å². The molecule has 0 saturated carbocycles. The summed E-state index contributed by atoms with van der Waals surface area (Å²) in [6.07, 6.45) is 7.62. The standard InChI is InChI=1S/C16H17FN2O/c17-14-7-3-4-8-15(14)18-9-11-19(12-10-18)16(20)13-5-1-2-6-13/h1-8,13H,9-12H2. The second kappa shape index (κ2) is 5.49. The van der Waals surface area contributed by atoms with Gasteiger partial charge >= 0.3 is 0 Å². The van der Waals surface area contributed by atoms with Crippen molar-refractivity contribution in [3.05, 3.63) is 54.4 Å². The fourth-order valence-corrected chi connectivity index (χ4v) is 2.68. The molecule has 1 heterocycles. The molecule has 1 fully saturated rings. The average molecular weight is 272 g/mol. The lowest BCUT2D eigenvalue weighted by molar-refractivity contribution is -0.132. The average Bonchev–Trinajstić information content (AvgIpc) is 3.01. The van der Waals surface area contributed by atoms with Crippen LogP contribution in [0, 0.1) is 11.7 Å². The second-order valence-corrected chi connectivity index (χ2v) is 5.06. The van der Waals surface area contributed by atoms with Crippen molar-refractivity contribution in [1.29, 1.82) is 0 Å². The molecule has 1 saturated heterocycles. The maximum absolute atomic E-state index is 13.7. The molecule has 1 aromatic carbocycles. The summed E-state index contributed by atoms with van der Waals surface area (Å²) >= 11 is 0. The van der Waals surface area contributed by atoms with Gasteiger partial charge in [-0.1, -0.05) is 36.4 Å². The molecular weight excluding hydrogens is 255 g/mol. The summed E-state index contributed by atoms with van der Waals surface area (Å²) in [6, 6.07) is 6.79. The van der Waals surface area contributed by atoms with Gasteiger partial charge in [0.05, 0.1) is 11.6 Å². The number of carbonyl (C=O) groups is 1. The van der Waals surface area contributed by atoms with E-state index in [-0.39, 0.29) is 17.6 Å². The predicted octanol–water partition coefficient (Wildman–Crippen LogP) is 2.22. The maximum atomic E-state index is 13.7. The second-order valence-electron chi connectivity index (χ2n) is 5.06. The van der Waals surface area contributed by atoms with Crippen LogP contribution in [0.25, 0.3) is 0 Å². The van der Waals surface area contributed by atoms with E-state index in [0.29, 0.717) is 31.9 Å². The van der Waals surface area contributed by atoms with E-state index in [0.717, 1.165) is 0 Å². The van der Waals surface area contributed by atoms with E-state index < -0.39 is 0 Å². The van der Waals surface area contributed by atoms with Crippen LogP contribution < -0.4 is 4.90 Å². The largest absolute Gasteiger partial charge is 0.366 e. The van der Waals surface area contributed by atoms with Gasteiger partial charge in [-0.2, -0.15) is 0 Å². The Morgan fingerprint density at radius 3 is 2.35 bits per heavy atom. The fraction of sp³-hybridized carbons (Fsp3) is 0.312. The molecule has 20 heavy (non-hydrogen) atoms. The van der Waals surface area contributed by atoms with Gasteiger partial charge in [0.15, 0.2) is 0 Å². The molecule has 0 bridgehead atoms. The summed E-state index contributed by atoms with van der Waals surface area (Å²) in [4.78, 5) is 16.1. The summed E-state index contributed by atoms with van der Waals surface area (Å²) in [6.45, 7) is 2.64. The van der Waals surface area contributed by atoms with Crippen molar-refractivity contribution in [2.45, 2.75) is 0 Å². The Bertz CT molecular complexity index is 547. The Kier molecular flexibility index (Phi) is 3.54. The Morgan fingerprint density at radius 1 is 1.05 bits per heavy atom. The van der Waals surface area contributed by atoms with Crippen LogP contribution in [0.4, 0.5) is 10.1 Å². The molecule has 1 aromatic rings. The van der Waals surface area contributed by atoms with E-state index in [2.05, 4.69) is 0 Å². The molecule has 104 valence electrons. The van der Waals surface area contributed by atoms with Crippen LogP contribution in [-0.4, -0.2) is 37.0 Å². The number of benzene rings is 1. The highest BCUT2D eigenvalue weighted by Gasteiger charge is 2.26. The van der Waals surface area contributed by atoms with Gasteiger partial charge in [-0.3, -0.25) is 4.79 Å². The predicted molar refractivity (Wildman–Crippen MR) is 77.0 cm³/mol. The lowest BCUT2D eigenvalue weighted by Crippen LogP contribution is -2.50. The lowest BCUT2D eigenvalue weighted by atomic mass is 10.1. The number of amides is 1. The first-order valence-corrected chi connectivity index (χ1v) is 6.89. The van der Waals surface area contributed by atoms with Gasteiger partial charge in [0, 0.05) is 26.2 Å². The van der Waals surface area contributed by atoms with Gasteiger partial charge < -0.3 is 9.80 Å². The number of hydrogen-bond donors (Lipinski definition) is 0. The fourth-order valence-electron chi connectivity index (χ4n) is 2.68. The summed E-state index contributed by atoms with van der Waals surface area (Å²) in [5, 5.41) is 0. The molecule has 3 nitrogen and oxygen atoms in total. The van der Waals surface area contributed by atoms with Crippen LogP contribution in [0.2, 0.25) is 0 Å². The highest BCUT2D eigenvalue weighted by atomic mass is 19.1. The van der Waals surface area contributed by atoms with Gasteiger partial charge in [-0.15, -0.1) is 0 Å². The maximum Gasteiger partial charge on any atom is 0.233 e. The van der Waals surface area contributed by atoms with E-state index in [4.69, 9.17) is 0 Å². The van der Waals surface area contributed by atoms with Crippen LogP contribution in [0.1, 0.15) is 0 Å². The Labute approximate surface area is 118 Å². The Balaban J connectivity index is 1.62. The van der Waals surface area contributed by atoms with Gasteiger partial charge in [0.1, 0.15) is 5.82 Å². The SMILES string of the molecule is O=C(C1C=CC=C1)N1CCN(c2ccccc2F)CC1. The third kappa shape index (κ3) is 2.46. The zero-order chi connectivity index (χ0) is 13.9. The third-order valence-electron chi connectivity index (χ3n) is 3.82. The van der Waals surface area contributed by atoms with Crippen molar-refractivity contribution in [2.75, 3.05) is 31.1 Å². The molecule has 0 aromatic heterocycles. The summed E-state index contributed by atoms with van der Waals surface area (Å²) in [5.41, 5.74) is 0.625. The Hall–Kier alpha value is -2.10. The third-order valence-corrected chi connectivity index (χ3v) is 3.82. The van der Waals surface area contributed by atoms with Crippen LogP contribution in [0.5, 0.6) is 0 Å². The molecule has 0 spiro atoms. The minimum absolute atomic E-state index is 0.116. The summed E-state index contributed by atoms with van der Waals surface area (Å²) < 4.78 is 13.7. The van der Waals surface area contributed by atoms with E-state index >= 15 is 0 Å². The molecule has 0 unspecified atom stereocenters. The van der Waals surface area contributed by atoms with Crippen molar-refractivity contribution in [3.63, 3.8) is 0 Å². The molecule has 2 aliphatic rings. The summed E-state index contributed by atoms with van der Waals surface area (Å²) in [7, 11) is 0. The number of piperazine rings is 1. The van der Waals surface area contributed by atoms with Crippen molar-refractivity contribution in [2.24, 2.45) is 5.92 Å². The first-order valence-electron chi connectivity index (χ1n) is 6.89. The van der Waals surface area contributed by atoms with Crippen LogP contribution in [-0.2, 0) is 4.79 Å². The molecule has 0 atom stereocenters. The van der Waals surface area contributed by atoms with Crippen LogP contribution >= 0.6 is 0 Å². The first kappa shape index (κ1) is 12.9. The van der Waals surface area contributed by atoms with Crippen molar-refractivity contribution < 1.29 is 9.18 Å². The lowest BCUT2D eigenvalue weighted by Gasteiger charge is -2.37.